The highest BCUT2D eigenvalue weighted by molar-refractivity contribution is 5.28. The normalized spacial score (nSPS) is 16.3. The molecule has 1 aliphatic carbocycles. The van der Waals surface area contributed by atoms with E-state index in [0.717, 1.165) is 31.2 Å². The van der Waals surface area contributed by atoms with Gasteiger partial charge in [0.05, 0.1) is 5.69 Å². The molecule has 90 valence electrons. The topological polar surface area (TPSA) is 12.9 Å². The standard InChI is InChI=1S/C12H16FN.C2H6/c1-3-9-7-10(13)11(14-8-9)12(4-2)5-6-12;1-2/h7-8H,3-6H2,1-2H3;1-2H3. The van der Waals surface area contributed by atoms with E-state index in [0.29, 0.717) is 5.69 Å². The highest BCUT2D eigenvalue weighted by atomic mass is 19.1. The minimum Gasteiger partial charge on any atom is -0.257 e. The van der Waals surface area contributed by atoms with Crippen LogP contribution < -0.4 is 0 Å². The van der Waals surface area contributed by atoms with Crippen LogP contribution in [0.2, 0.25) is 0 Å². The predicted molar refractivity (Wildman–Crippen MR) is 66.1 cm³/mol. The number of pyridine rings is 1. The van der Waals surface area contributed by atoms with Crippen molar-refractivity contribution in [2.45, 2.75) is 58.8 Å². The van der Waals surface area contributed by atoms with Crippen LogP contribution in [0.1, 0.15) is 58.2 Å². The van der Waals surface area contributed by atoms with Crippen molar-refractivity contribution in [1.29, 1.82) is 0 Å². The maximum Gasteiger partial charge on any atom is 0.145 e. The van der Waals surface area contributed by atoms with Gasteiger partial charge in [0.25, 0.3) is 0 Å². The molecule has 0 bridgehead atoms. The van der Waals surface area contributed by atoms with E-state index in [1.54, 1.807) is 6.07 Å². The fourth-order valence-electron chi connectivity index (χ4n) is 1.97. The molecule has 1 fully saturated rings. The van der Waals surface area contributed by atoms with Crippen LogP contribution in [-0.2, 0) is 11.8 Å². The monoisotopic (exact) mass is 223 g/mol. The molecule has 1 aromatic rings. The fraction of sp³-hybridized carbons (Fsp3) is 0.643. The van der Waals surface area contributed by atoms with Crippen LogP contribution in [0.4, 0.5) is 4.39 Å². The van der Waals surface area contributed by atoms with Crippen LogP contribution in [0, 0.1) is 5.82 Å². The van der Waals surface area contributed by atoms with Crippen molar-refractivity contribution in [3.05, 3.63) is 29.3 Å². The summed E-state index contributed by atoms with van der Waals surface area (Å²) in [4.78, 5) is 4.28. The van der Waals surface area contributed by atoms with Crippen LogP contribution in [0.25, 0.3) is 0 Å². The second-order valence-corrected chi connectivity index (χ2v) is 4.16. The Morgan fingerprint density at radius 3 is 2.31 bits per heavy atom. The van der Waals surface area contributed by atoms with Gasteiger partial charge in [-0.15, -0.1) is 0 Å². The molecular formula is C14H22FN. The Bertz CT molecular complexity index is 343. The van der Waals surface area contributed by atoms with E-state index in [1.807, 2.05) is 27.0 Å². The third kappa shape index (κ3) is 2.42. The van der Waals surface area contributed by atoms with E-state index in [-0.39, 0.29) is 11.2 Å². The number of hydrogen-bond acceptors (Lipinski definition) is 1. The van der Waals surface area contributed by atoms with E-state index in [2.05, 4.69) is 11.9 Å². The first-order valence-electron chi connectivity index (χ1n) is 6.37. The van der Waals surface area contributed by atoms with E-state index in [1.165, 1.54) is 0 Å². The SMILES string of the molecule is CC.CCc1cnc(C2(CC)CC2)c(F)c1. The predicted octanol–water partition coefficient (Wildman–Crippen LogP) is 4.25. The number of hydrogen-bond donors (Lipinski definition) is 0. The first-order chi connectivity index (χ1) is 7.72. The first kappa shape index (κ1) is 13.1. The molecule has 1 aliphatic rings. The molecule has 1 saturated carbocycles. The highest BCUT2D eigenvalue weighted by Gasteiger charge is 2.45. The van der Waals surface area contributed by atoms with Gasteiger partial charge < -0.3 is 0 Å². The lowest BCUT2D eigenvalue weighted by atomic mass is 9.97. The van der Waals surface area contributed by atoms with Crippen LogP contribution in [0.15, 0.2) is 12.3 Å². The number of nitrogens with zero attached hydrogens (tertiary/aromatic N) is 1. The van der Waals surface area contributed by atoms with Crippen molar-refractivity contribution in [2.24, 2.45) is 0 Å². The largest absolute Gasteiger partial charge is 0.257 e. The molecule has 0 unspecified atom stereocenters. The van der Waals surface area contributed by atoms with E-state index in [4.69, 9.17) is 0 Å². The lowest BCUT2D eigenvalue weighted by Gasteiger charge is -2.12. The van der Waals surface area contributed by atoms with Crippen molar-refractivity contribution < 1.29 is 4.39 Å². The van der Waals surface area contributed by atoms with Crippen LogP contribution in [0.5, 0.6) is 0 Å². The molecule has 0 radical (unpaired) electrons. The van der Waals surface area contributed by atoms with Crippen molar-refractivity contribution >= 4 is 0 Å². The van der Waals surface area contributed by atoms with E-state index in [9.17, 15) is 4.39 Å². The van der Waals surface area contributed by atoms with Crippen molar-refractivity contribution in [3.8, 4) is 0 Å². The van der Waals surface area contributed by atoms with Gasteiger partial charge in [0.2, 0.25) is 0 Å². The minimum absolute atomic E-state index is 0.0797. The summed E-state index contributed by atoms with van der Waals surface area (Å²) in [7, 11) is 0. The Labute approximate surface area is 98.1 Å². The van der Waals surface area contributed by atoms with Gasteiger partial charge in [0.15, 0.2) is 0 Å². The maximum atomic E-state index is 13.7. The molecule has 1 heterocycles. The van der Waals surface area contributed by atoms with E-state index < -0.39 is 0 Å². The van der Waals surface area contributed by atoms with Crippen LogP contribution in [-0.4, -0.2) is 4.98 Å². The van der Waals surface area contributed by atoms with Gasteiger partial charge in [-0.2, -0.15) is 0 Å². The maximum absolute atomic E-state index is 13.7. The van der Waals surface area contributed by atoms with Gasteiger partial charge in [-0.1, -0.05) is 27.7 Å². The van der Waals surface area contributed by atoms with Gasteiger partial charge in [-0.25, -0.2) is 4.39 Å². The summed E-state index contributed by atoms with van der Waals surface area (Å²) in [6.45, 7) is 8.13. The molecule has 0 aliphatic heterocycles. The van der Waals surface area contributed by atoms with Gasteiger partial charge >= 0.3 is 0 Å². The number of rotatable bonds is 3. The molecule has 0 saturated heterocycles. The minimum atomic E-state index is -0.108. The average Bonchev–Trinajstić information content (AvgIpc) is 3.12. The lowest BCUT2D eigenvalue weighted by Crippen LogP contribution is -2.10. The Morgan fingerprint density at radius 1 is 1.31 bits per heavy atom. The van der Waals surface area contributed by atoms with Gasteiger partial charge in [-0.3, -0.25) is 4.98 Å². The van der Waals surface area contributed by atoms with Gasteiger partial charge in [0.1, 0.15) is 5.82 Å². The molecule has 0 spiro atoms. The molecule has 16 heavy (non-hydrogen) atoms. The summed E-state index contributed by atoms with van der Waals surface area (Å²) in [5, 5.41) is 0. The summed E-state index contributed by atoms with van der Waals surface area (Å²) < 4.78 is 13.7. The second kappa shape index (κ2) is 5.42. The molecule has 0 aromatic carbocycles. The molecule has 1 nitrogen and oxygen atoms in total. The molecule has 2 heteroatoms. The molecule has 0 N–H and O–H groups in total. The summed E-state index contributed by atoms with van der Waals surface area (Å²) in [5.74, 6) is -0.108. The molecule has 0 atom stereocenters. The van der Waals surface area contributed by atoms with Crippen LogP contribution in [0.3, 0.4) is 0 Å². The summed E-state index contributed by atoms with van der Waals surface area (Å²) in [6, 6.07) is 1.64. The Kier molecular flexibility index (Phi) is 4.45. The van der Waals surface area contributed by atoms with Crippen molar-refractivity contribution in [3.63, 3.8) is 0 Å². The first-order valence-corrected chi connectivity index (χ1v) is 6.37. The van der Waals surface area contributed by atoms with Crippen molar-refractivity contribution in [2.75, 3.05) is 0 Å². The van der Waals surface area contributed by atoms with E-state index >= 15 is 0 Å². The molecule has 1 aromatic heterocycles. The number of aromatic nitrogens is 1. The van der Waals surface area contributed by atoms with Crippen molar-refractivity contribution in [1.82, 2.24) is 4.98 Å². The molecule has 2 rings (SSSR count). The van der Waals surface area contributed by atoms with Crippen LogP contribution >= 0.6 is 0 Å². The fourth-order valence-corrected chi connectivity index (χ4v) is 1.97. The Morgan fingerprint density at radius 2 is 1.94 bits per heavy atom. The third-order valence-electron chi connectivity index (χ3n) is 3.34. The summed E-state index contributed by atoms with van der Waals surface area (Å²) in [5.41, 5.74) is 1.76. The Hall–Kier alpha value is -0.920. The molecule has 0 amide bonds. The quantitative estimate of drug-likeness (QED) is 0.746. The second-order valence-electron chi connectivity index (χ2n) is 4.16. The number of halogens is 1. The zero-order valence-corrected chi connectivity index (χ0v) is 10.8. The Balaban J connectivity index is 0.000000606. The number of aryl methyl sites for hydroxylation is 1. The smallest absolute Gasteiger partial charge is 0.145 e. The summed E-state index contributed by atoms with van der Waals surface area (Å²) in [6.07, 6.45) is 5.86. The molecular weight excluding hydrogens is 201 g/mol. The zero-order chi connectivity index (χ0) is 12.2. The average molecular weight is 223 g/mol. The van der Waals surface area contributed by atoms with Gasteiger partial charge in [0, 0.05) is 11.6 Å². The summed E-state index contributed by atoms with van der Waals surface area (Å²) >= 11 is 0. The van der Waals surface area contributed by atoms with Gasteiger partial charge in [-0.05, 0) is 37.3 Å². The highest BCUT2D eigenvalue weighted by Crippen LogP contribution is 2.50. The lowest BCUT2D eigenvalue weighted by molar-refractivity contribution is 0.540. The zero-order valence-electron chi connectivity index (χ0n) is 10.8. The third-order valence-corrected chi connectivity index (χ3v) is 3.34.